The lowest BCUT2D eigenvalue weighted by Gasteiger charge is -2.38. The van der Waals surface area contributed by atoms with E-state index in [1.807, 2.05) is 4.68 Å². The molecule has 4 heteroatoms. The Hall–Kier alpha value is -0.350. The maximum atomic E-state index is 11.1. The largest absolute Gasteiger partial charge is 0.383 e. The molecule has 1 aromatic rings. The first-order valence-corrected chi connectivity index (χ1v) is 7.05. The fourth-order valence-electron chi connectivity index (χ4n) is 2.89. The van der Waals surface area contributed by atoms with Gasteiger partial charge in [-0.15, -0.1) is 0 Å². The third-order valence-electron chi connectivity index (χ3n) is 4.09. The van der Waals surface area contributed by atoms with Crippen molar-refractivity contribution in [3.05, 3.63) is 16.4 Å². The molecule has 0 saturated heterocycles. The smallest absolute Gasteiger partial charge is 0.112 e. The maximum Gasteiger partial charge on any atom is 0.112 e. The molecule has 0 aromatic carbocycles. The maximum absolute atomic E-state index is 11.1. The van der Waals surface area contributed by atoms with Crippen LogP contribution in [0.3, 0.4) is 0 Å². The summed E-state index contributed by atoms with van der Waals surface area (Å²) in [4.78, 5) is 0. The van der Waals surface area contributed by atoms with Gasteiger partial charge in [0.05, 0.1) is 16.4 Å². The zero-order valence-corrected chi connectivity index (χ0v) is 12.6. The van der Waals surface area contributed by atoms with Crippen LogP contribution in [0.15, 0.2) is 10.7 Å². The first-order chi connectivity index (χ1) is 7.79. The Morgan fingerprint density at radius 3 is 2.53 bits per heavy atom. The van der Waals surface area contributed by atoms with E-state index >= 15 is 0 Å². The van der Waals surface area contributed by atoms with E-state index in [0.29, 0.717) is 0 Å². The Labute approximate surface area is 111 Å². The van der Waals surface area contributed by atoms with Gasteiger partial charge in [0.15, 0.2) is 0 Å². The van der Waals surface area contributed by atoms with Crippen LogP contribution >= 0.6 is 15.9 Å². The highest BCUT2D eigenvalue weighted by Gasteiger charge is 2.51. The molecule has 1 fully saturated rings. The molecule has 0 aliphatic heterocycles. The molecule has 1 N–H and O–H groups in total. The van der Waals surface area contributed by atoms with Crippen molar-refractivity contribution in [2.24, 2.45) is 5.41 Å². The van der Waals surface area contributed by atoms with Gasteiger partial charge in [-0.25, -0.2) is 0 Å². The van der Waals surface area contributed by atoms with Crippen molar-refractivity contribution >= 4 is 15.9 Å². The van der Waals surface area contributed by atoms with Gasteiger partial charge < -0.3 is 5.11 Å². The summed E-state index contributed by atoms with van der Waals surface area (Å²) in [5, 5.41) is 15.5. The van der Waals surface area contributed by atoms with E-state index in [1.165, 1.54) is 0 Å². The molecule has 17 heavy (non-hydrogen) atoms. The summed E-state index contributed by atoms with van der Waals surface area (Å²) in [5.41, 5.74) is 0.0735. The summed E-state index contributed by atoms with van der Waals surface area (Å²) in [6.07, 6.45) is 4.73. The molecule has 1 unspecified atom stereocenters. The molecular weight excluding hydrogens is 280 g/mol. The predicted octanol–water partition coefficient (Wildman–Crippen LogP) is 3.62. The number of halogens is 1. The summed E-state index contributed by atoms with van der Waals surface area (Å²) in [6, 6.07) is 0.261. The highest BCUT2D eigenvalue weighted by molar-refractivity contribution is 9.10. The number of aromatic nitrogens is 2. The quantitative estimate of drug-likeness (QED) is 0.906. The fraction of sp³-hybridized carbons (Fsp3) is 0.769. The number of hydrogen-bond donors (Lipinski definition) is 1. The van der Waals surface area contributed by atoms with Gasteiger partial charge in [-0.1, -0.05) is 13.8 Å². The summed E-state index contributed by atoms with van der Waals surface area (Å²) >= 11 is 3.54. The minimum Gasteiger partial charge on any atom is -0.383 e. The van der Waals surface area contributed by atoms with Crippen molar-refractivity contribution in [2.75, 3.05) is 0 Å². The van der Waals surface area contributed by atoms with Gasteiger partial charge in [0.1, 0.15) is 5.60 Å². The summed E-state index contributed by atoms with van der Waals surface area (Å²) in [6.45, 7) is 8.47. The average molecular weight is 301 g/mol. The molecule has 1 aliphatic carbocycles. The van der Waals surface area contributed by atoms with Crippen LogP contribution in [-0.2, 0) is 5.60 Å². The second-order valence-corrected chi connectivity index (χ2v) is 6.83. The summed E-state index contributed by atoms with van der Waals surface area (Å²) < 4.78 is 2.86. The van der Waals surface area contributed by atoms with Gasteiger partial charge in [-0.3, -0.25) is 4.68 Å². The van der Waals surface area contributed by atoms with Crippen LogP contribution in [0, 0.1) is 5.41 Å². The molecule has 0 spiro atoms. The molecule has 3 nitrogen and oxygen atoms in total. The Balaban J connectivity index is 2.57. The second-order valence-electron chi connectivity index (χ2n) is 5.98. The lowest BCUT2D eigenvalue weighted by molar-refractivity contribution is -0.0570. The molecule has 2 rings (SSSR count). The van der Waals surface area contributed by atoms with Crippen molar-refractivity contribution in [3.63, 3.8) is 0 Å². The van der Waals surface area contributed by atoms with Gasteiger partial charge in [-0.05, 0) is 54.5 Å². The molecule has 0 bridgehead atoms. The molecule has 1 heterocycles. The van der Waals surface area contributed by atoms with Crippen molar-refractivity contribution in [1.29, 1.82) is 0 Å². The van der Waals surface area contributed by atoms with E-state index in [1.54, 1.807) is 6.20 Å². The second kappa shape index (κ2) is 4.09. The standard InChI is InChI=1S/C13H21BrN2O/c1-9(2)16-11(10(14)8-15-16)13(17)7-5-6-12(13,3)4/h8-9,17H,5-7H2,1-4H3. The van der Waals surface area contributed by atoms with Crippen molar-refractivity contribution in [1.82, 2.24) is 9.78 Å². The fourth-order valence-corrected chi connectivity index (χ4v) is 3.49. The van der Waals surface area contributed by atoms with E-state index in [4.69, 9.17) is 0 Å². The first kappa shape index (κ1) is 13.1. The lowest BCUT2D eigenvalue weighted by atomic mass is 9.75. The van der Waals surface area contributed by atoms with E-state index in [0.717, 1.165) is 29.4 Å². The van der Waals surface area contributed by atoms with Crippen LogP contribution in [0.5, 0.6) is 0 Å². The summed E-state index contributed by atoms with van der Waals surface area (Å²) in [5.74, 6) is 0. The van der Waals surface area contributed by atoms with E-state index in [2.05, 4.69) is 48.7 Å². The molecule has 1 saturated carbocycles. The van der Waals surface area contributed by atoms with Gasteiger partial charge in [0.25, 0.3) is 0 Å². The Morgan fingerprint density at radius 2 is 2.06 bits per heavy atom. The molecule has 1 atom stereocenters. The SMILES string of the molecule is CC(C)n1ncc(Br)c1C1(O)CCCC1(C)C. The van der Waals surface area contributed by atoms with Gasteiger partial charge in [-0.2, -0.15) is 5.10 Å². The molecule has 96 valence electrons. The van der Waals surface area contributed by atoms with Crippen LogP contribution in [0.25, 0.3) is 0 Å². The van der Waals surface area contributed by atoms with Crippen LogP contribution in [0.2, 0.25) is 0 Å². The van der Waals surface area contributed by atoms with Gasteiger partial charge in [0, 0.05) is 6.04 Å². The van der Waals surface area contributed by atoms with Crippen molar-refractivity contribution in [2.45, 2.75) is 58.6 Å². The van der Waals surface area contributed by atoms with Crippen LogP contribution < -0.4 is 0 Å². The molecule has 0 amide bonds. The molecular formula is C13H21BrN2O. The minimum atomic E-state index is -0.771. The number of aliphatic hydroxyl groups is 1. The van der Waals surface area contributed by atoms with Gasteiger partial charge in [0.2, 0.25) is 0 Å². The number of hydrogen-bond acceptors (Lipinski definition) is 2. The van der Waals surface area contributed by atoms with Crippen LogP contribution in [0.4, 0.5) is 0 Å². The Morgan fingerprint density at radius 1 is 1.41 bits per heavy atom. The lowest BCUT2D eigenvalue weighted by Crippen LogP contribution is -2.39. The number of rotatable bonds is 2. The molecule has 0 radical (unpaired) electrons. The van der Waals surface area contributed by atoms with Crippen LogP contribution in [0.1, 0.15) is 58.7 Å². The normalized spacial score (nSPS) is 27.9. The average Bonchev–Trinajstić information content (AvgIpc) is 2.70. The third-order valence-corrected chi connectivity index (χ3v) is 4.67. The van der Waals surface area contributed by atoms with Crippen molar-refractivity contribution < 1.29 is 5.11 Å². The minimum absolute atomic E-state index is 0.0950. The zero-order valence-electron chi connectivity index (χ0n) is 11.0. The zero-order chi connectivity index (χ0) is 12.8. The first-order valence-electron chi connectivity index (χ1n) is 6.25. The Kier molecular flexibility index (Phi) is 3.15. The molecule has 1 aromatic heterocycles. The van der Waals surface area contributed by atoms with E-state index < -0.39 is 5.60 Å². The third kappa shape index (κ3) is 1.85. The van der Waals surface area contributed by atoms with Crippen molar-refractivity contribution in [3.8, 4) is 0 Å². The highest BCUT2D eigenvalue weighted by Crippen LogP contribution is 2.53. The molecule has 1 aliphatic rings. The number of nitrogens with zero attached hydrogens (tertiary/aromatic N) is 2. The summed E-state index contributed by atoms with van der Waals surface area (Å²) in [7, 11) is 0. The monoisotopic (exact) mass is 300 g/mol. The van der Waals surface area contributed by atoms with Gasteiger partial charge >= 0.3 is 0 Å². The van der Waals surface area contributed by atoms with Crippen LogP contribution in [-0.4, -0.2) is 14.9 Å². The van der Waals surface area contributed by atoms with E-state index in [9.17, 15) is 5.11 Å². The topological polar surface area (TPSA) is 38.0 Å². The van der Waals surface area contributed by atoms with E-state index in [-0.39, 0.29) is 11.5 Å². The highest BCUT2D eigenvalue weighted by atomic mass is 79.9. The predicted molar refractivity (Wildman–Crippen MR) is 71.8 cm³/mol. The Bertz CT molecular complexity index is 425.